The Morgan fingerprint density at radius 2 is 1.85 bits per heavy atom. The SMILES string of the molecule is N#CC[C@H](NS(=O)(=O)c1ccccn1)c1ccccc1. The summed E-state index contributed by atoms with van der Waals surface area (Å²) in [5.74, 6) is 0. The van der Waals surface area contributed by atoms with Crippen molar-refractivity contribution in [2.45, 2.75) is 17.5 Å². The topological polar surface area (TPSA) is 82.9 Å². The first-order valence-electron chi connectivity index (χ1n) is 5.99. The van der Waals surface area contributed by atoms with Gasteiger partial charge in [0.1, 0.15) is 0 Å². The van der Waals surface area contributed by atoms with E-state index in [0.29, 0.717) is 0 Å². The number of nitrogens with one attached hydrogen (secondary N) is 1. The summed E-state index contributed by atoms with van der Waals surface area (Å²) in [5, 5.41) is 8.81. The number of benzene rings is 1. The molecule has 0 saturated carbocycles. The molecule has 0 aliphatic heterocycles. The third kappa shape index (κ3) is 3.41. The van der Waals surface area contributed by atoms with Crippen molar-refractivity contribution in [3.05, 3.63) is 60.3 Å². The van der Waals surface area contributed by atoms with Gasteiger partial charge in [-0.2, -0.15) is 5.26 Å². The van der Waals surface area contributed by atoms with Crippen LogP contribution in [0, 0.1) is 11.3 Å². The molecule has 0 radical (unpaired) electrons. The van der Waals surface area contributed by atoms with Gasteiger partial charge in [-0.1, -0.05) is 36.4 Å². The Kier molecular flexibility index (Phi) is 4.45. The highest BCUT2D eigenvalue weighted by molar-refractivity contribution is 7.89. The molecule has 1 heterocycles. The Balaban J connectivity index is 2.28. The highest BCUT2D eigenvalue weighted by Gasteiger charge is 2.21. The summed E-state index contributed by atoms with van der Waals surface area (Å²) >= 11 is 0. The molecule has 5 nitrogen and oxygen atoms in total. The van der Waals surface area contributed by atoms with Gasteiger partial charge in [-0.3, -0.25) is 0 Å². The van der Waals surface area contributed by atoms with Crippen molar-refractivity contribution in [1.29, 1.82) is 5.26 Å². The van der Waals surface area contributed by atoms with Crippen LogP contribution in [-0.2, 0) is 10.0 Å². The zero-order chi connectivity index (χ0) is 14.4. The highest BCUT2D eigenvalue weighted by Crippen LogP contribution is 2.18. The molecule has 1 aromatic heterocycles. The second kappa shape index (κ2) is 6.28. The number of sulfonamides is 1. The molecule has 1 atom stereocenters. The Morgan fingerprint density at radius 3 is 2.45 bits per heavy atom. The van der Waals surface area contributed by atoms with E-state index in [1.807, 2.05) is 12.1 Å². The second-order valence-electron chi connectivity index (χ2n) is 4.11. The highest BCUT2D eigenvalue weighted by atomic mass is 32.2. The molecule has 6 heteroatoms. The molecular formula is C14H13N3O2S. The second-order valence-corrected chi connectivity index (χ2v) is 5.78. The van der Waals surface area contributed by atoms with E-state index in [1.165, 1.54) is 12.3 Å². The van der Waals surface area contributed by atoms with Crippen molar-refractivity contribution >= 4 is 10.0 Å². The van der Waals surface area contributed by atoms with E-state index >= 15 is 0 Å². The lowest BCUT2D eigenvalue weighted by molar-refractivity contribution is 0.555. The van der Waals surface area contributed by atoms with Gasteiger partial charge in [0.15, 0.2) is 5.03 Å². The van der Waals surface area contributed by atoms with Gasteiger partial charge in [0.05, 0.1) is 18.5 Å². The summed E-state index contributed by atoms with van der Waals surface area (Å²) in [5.41, 5.74) is 0.744. The van der Waals surface area contributed by atoms with Crippen molar-refractivity contribution in [2.24, 2.45) is 0 Å². The standard InChI is InChI=1S/C14H13N3O2S/c15-10-9-13(12-6-2-1-3-7-12)17-20(18,19)14-8-4-5-11-16-14/h1-8,11,13,17H,9H2/t13-/m0/s1. The third-order valence-corrected chi connectivity index (χ3v) is 4.09. The zero-order valence-electron chi connectivity index (χ0n) is 10.6. The first-order valence-corrected chi connectivity index (χ1v) is 7.47. The summed E-state index contributed by atoms with van der Waals surface area (Å²) in [6, 6.07) is 15.1. The summed E-state index contributed by atoms with van der Waals surface area (Å²) in [7, 11) is -3.74. The first kappa shape index (κ1) is 14.2. The molecule has 2 rings (SSSR count). The molecule has 0 bridgehead atoms. The Hall–Kier alpha value is -2.23. The van der Waals surface area contributed by atoms with Gasteiger partial charge in [0.2, 0.25) is 0 Å². The van der Waals surface area contributed by atoms with Gasteiger partial charge < -0.3 is 0 Å². The molecule has 0 spiro atoms. The molecule has 102 valence electrons. The molecule has 0 aliphatic carbocycles. The lowest BCUT2D eigenvalue weighted by Gasteiger charge is -2.16. The normalized spacial score (nSPS) is 12.6. The average Bonchev–Trinajstić information content (AvgIpc) is 2.48. The number of nitriles is 1. The Morgan fingerprint density at radius 1 is 1.15 bits per heavy atom. The number of nitrogens with zero attached hydrogens (tertiary/aromatic N) is 2. The van der Waals surface area contributed by atoms with E-state index in [4.69, 9.17) is 5.26 Å². The molecule has 0 fully saturated rings. The summed E-state index contributed by atoms with van der Waals surface area (Å²) < 4.78 is 26.9. The van der Waals surface area contributed by atoms with E-state index in [1.54, 1.807) is 36.4 Å². The molecular weight excluding hydrogens is 274 g/mol. The van der Waals surface area contributed by atoms with Gasteiger partial charge in [-0.15, -0.1) is 0 Å². The third-order valence-electron chi connectivity index (χ3n) is 2.71. The van der Waals surface area contributed by atoms with Crippen LogP contribution in [0.2, 0.25) is 0 Å². The maximum atomic E-state index is 12.2. The van der Waals surface area contributed by atoms with Crippen molar-refractivity contribution in [1.82, 2.24) is 9.71 Å². The van der Waals surface area contributed by atoms with E-state index < -0.39 is 16.1 Å². The smallest absolute Gasteiger partial charge is 0.243 e. The predicted octanol–water partition coefficient (Wildman–Crippen LogP) is 2.01. The Bertz CT molecular complexity index is 694. The molecule has 0 aliphatic rings. The minimum absolute atomic E-state index is 0.0517. The maximum Gasteiger partial charge on any atom is 0.258 e. The van der Waals surface area contributed by atoms with Gasteiger partial charge in [0.25, 0.3) is 10.0 Å². The predicted molar refractivity (Wildman–Crippen MR) is 74.0 cm³/mol. The lowest BCUT2D eigenvalue weighted by atomic mass is 10.1. The van der Waals surface area contributed by atoms with Gasteiger partial charge >= 0.3 is 0 Å². The molecule has 2 aromatic rings. The number of aromatic nitrogens is 1. The van der Waals surface area contributed by atoms with Crippen LogP contribution in [0.3, 0.4) is 0 Å². The van der Waals surface area contributed by atoms with Gasteiger partial charge in [-0.05, 0) is 17.7 Å². The number of hydrogen-bond donors (Lipinski definition) is 1. The largest absolute Gasteiger partial charge is 0.258 e. The lowest BCUT2D eigenvalue weighted by Crippen LogP contribution is -2.29. The summed E-state index contributed by atoms with van der Waals surface area (Å²) in [6.07, 6.45) is 1.46. The minimum atomic E-state index is -3.74. The maximum absolute atomic E-state index is 12.2. The number of pyridine rings is 1. The van der Waals surface area contributed by atoms with Crippen molar-refractivity contribution in [3.8, 4) is 6.07 Å². The average molecular weight is 287 g/mol. The van der Waals surface area contributed by atoms with Crippen molar-refractivity contribution < 1.29 is 8.42 Å². The quantitative estimate of drug-likeness (QED) is 0.912. The molecule has 1 N–H and O–H groups in total. The molecule has 0 amide bonds. The molecule has 0 saturated heterocycles. The number of rotatable bonds is 5. The van der Waals surface area contributed by atoms with E-state index in [2.05, 4.69) is 9.71 Å². The van der Waals surface area contributed by atoms with Crippen molar-refractivity contribution in [3.63, 3.8) is 0 Å². The monoisotopic (exact) mass is 287 g/mol. The number of hydrogen-bond acceptors (Lipinski definition) is 4. The summed E-state index contributed by atoms with van der Waals surface area (Å²) in [6.45, 7) is 0. The van der Waals surface area contributed by atoms with E-state index in [0.717, 1.165) is 5.56 Å². The van der Waals surface area contributed by atoms with Crippen LogP contribution >= 0.6 is 0 Å². The van der Waals surface area contributed by atoms with E-state index in [-0.39, 0.29) is 11.4 Å². The molecule has 20 heavy (non-hydrogen) atoms. The van der Waals surface area contributed by atoms with Crippen LogP contribution in [0.25, 0.3) is 0 Å². The first-order chi connectivity index (χ1) is 9.63. The minimum Gasteiger partial charge on any atom is -0.243 e. The van der Waals surface area contributed by atoms with Gasteiger partial charge in [0, 0.05) is 6.20 Å². The van der Waals surface area contributed by atoms with Crippen LogP contribution in [0.4, 0.5) is 0 Å². The van der Waals surface area contributed by atoms with Crippen LogP contribution in [0.15, 0.2) is 59.8 Å². The fraction of sp³-hybridized carbons (Fsp3) is 0.143. The zero-order valence-corrected chi connectivity index (χ0v) is 11.4. The van der Waals surface area contributed by atoms with Gasteiger partial charge in [-0.25, -0.2) is 18.1 Å². The van der Waals surface area contributed by atoms with Crippen LogP contribution in [-0.4, -0.2) is 13.4 Å². The summed E-state index contributed by atoms with van der Waals surface area (Å²) in [4.78, 5) is 3.82. The van der Waals surface area contributed by atoms with Crippen LogP contribution < -0.4 is 4.72 Å². The van der Waals surface area contributed by atoms with E-state index in [9.17, 15) is 8.42 Å². The van der Waals surface area contributed by atoms with Crippen molar-refractivity contribution in [2.75, 3.05) is 0 Å². The fourth-order valence-corrected chi connectivity index (χ4v) is 2.93. The van der Waals surface area contributed by atoms with Crippen LogP contribution in [0.5, 0.6) is 0 Å². The Labute approximate surface area is 118 Å². The molecule has 1 aromatic carbocycles. The fourth-order valence-electron chi connectivity index (χ4n) is 1.76. The molecule has 0 unspecified atom stereocenters. The van der Waals surface area contributed by atoms with Crippen LogP contribution in [0.1, 0.15) is 18.0 Å².